The summed E-state index contributed by atoms with van der Waals surface area (Å²) in [6.45, 7) is 2.63. The van der Waals surface area contributed by atoms with Gasteiger partial charge in [0.25, 0.3) is 5.91 Å². The fourth-order valence-electron chi connectivity index (χ4n) is 2.13. The summed E-state index contributed by atoms with van der Waals surface area (Å²) >= 11 is 3.38. The zero-order chi connectivity index (χ0) is 18.9. The summed E-state index contributed by atoms with van der Waals surface area (Å²) < 4.78 is 19.5. The first-order valence-corrected chi connectivity index (χ1v) is 8.94. The lowest BCUT2D eigenvalue weighted by Crippen LogP contribution is -2.13. The molecular weight excluding hydrogens is 399 g/mol. The first-order chi connectivity index (χ1) is 12.5. The summed E-state index contributed by atoms with van der Waals surface area (Å²) in [5, 5.41) is 11.9. The van der Waals surface area contributed by atoms with Gasteiger partial charge in [-0.25, -0.2) is 4.39 Å². The van der Waals surface area contributed by atoms with Crippen LogP contribution < -0.4 is 10.1 Å². The van der Waals surface area contributed by atoms with Crippen LogP contribution in [0.5, 0.6) is 5.75 Å². The molecule has 1 amide bonds. The number of amides is 1. The lowest BCUT2D eigenvalue weighted by atomic mass is 10.1. The number of nitriles is 1. The van der Waals surface area contributed by atoms with Crippen molar-refractivity contribution in [3.05, 3.63) is 63.9 Å². The van der Waals surface area contributed by atoms with Crippen molar-refractivity contribution in [2.24, 2.45) is 0 Å². The van der Waals surface area contributed by atoms with Gasteiger partial charge >= 0.3 is 0 Å². The average Bonchev–Trinajstić information content (AvgIpc) is 2.63. The normalized spacial score (nSPS) is 10.9. The lowest BCUT2D eigenvalue weighted by molar-refractivity contribution is -0.112. The monoisotopic (exact) mass is 416 g/mol. The molecule has 0 aliphatic rings. The first kappa shape index (κ1) is 19.7. The summed E-state index contributed by atoms with van der Waals surface area (Å²) in [6.07, 6.45) is 3.39. The summed E-state index contributed by atoms with van der Waals surface area (Å²) in [5.74, 6) is -0.371. The third kappa shape index (κ3) is 5.71. The largest absolute Gasteiger partial charge is 0.493 e. The van der Waals surface area contributed by atoms with E-state index in [1.807, 2.05) is 12.1 Å². The molecule has 0 aromatic heterocycles. The highest BCUT2D eigenvalue weighted by Gasteiger charge is 2.12. The summed E-state index contributed by atoms with van der Waals surface area (Å²) in [4.78, 5) is 12.3. The first-order valence-electron chi connectivity index (χ1n) is 8.14. The molecule has 134 valence electrons. The highest BCUT2D eigenvalue weighted by molar-refractivity contribution is 9.10. The summed E-state index contributed by atoms with van der Waals surface area (Å²) in [6, 6.07) is 12.6. The van der Waals surface area contributed by atoms with E-state index in [1.54, 1.807) is 12.1 Å². The maximum absolute atomic E-state index is 13.0. The fourth-order valence-corrected chi connectivity index (χ4v) is 2.50. The van der Waals surface area contributed by atoms with Gasteiger partial charge in [0.15, 0.2) is 0 Å². The van der Waals surface area contributed by atoms with E-state index in [1.165, 1.54) is 30.3 Å². The van der Waals surface area contributed by atoms with Gasteiger partial charge < -0.3 is 10.1 Å². The topological polar surface area (TPSA) is 62.1 Å². The number of ether oxygens (including phenoxy) is 1. The van der Waals surface area contributed by atoms with Crippen LogP contribution >= 0.6 is 15.9 Å². The highest BCUT2D eigenvalue weighted by atomic mass is 79.9. The minimum Gasteiger partial charge on any atom is -0.493 e. The molecule has 26 heavy (non-hydrogen) atoms. The Hall–Kier alpha value is -2.65. The van der Waals surface area contributed by atoms with Crippen LogP contribution in [-0.4, -0.2) is 12.5 Å². The van der Waals surface area contributed by atoms with E-state index in [0.29, 0.717) is 23.6 Å². The number of anilines is 1. The molecule has 0 saturated heterocycles. The van der Waals surface area contributed by atoms with E-state index in [4.69, 9.17) is 4.74 Å². The second-order valence-corrected chi connectivity index (χ2v) is 6.43. The molecular formula is C20H18BrFN2O2. The van der Waals surface area contributed by atoms with Gasteiger partial charge in [0, 0.05) is 15.7 Å². The molecule has 0 fully saturated rings. The molecule has 0 atom stereocenters. The van der Waals surface area contributed by atoms with Gasteiger partial charge in [-0.15, -0.1) is 0 Å². The maximum Gasteiger partial charge on any atom is 0.266 e. The minimum absolute atomic E-state index is 0.0761. The van der Waals surface area contributed by atoms with Crippen LogP contribution in [0.25, 0.3) is 6.08 Å². The average molecular weight is 417 g/mol. The van der Waals surface area contributed by atoms with Crippen molar-refractivity contribution < 1.29 is 13.9 Å². The number of hydrogen-bond acceptors (Lipinski definition) is 3. The predicted octanol–water partition coefficient (Wildman–Crippen LogP) is 5.31. The number of unbranched alkanes of at least 4 members (excludes halogenated alkanes) is 1. The van der Waals surface area contributed by atoms with Crippen LogP contribution in [0.2, 0.25) is 0 Å². The van der Waals surface area contributed by atoms with Crippen LogP contribution in [0.4, 0.5) is 10.1 Å². The maximum atomic E-state index is 13.0. The van der Waals surface area contributed by atoms with Crippen LogP contribution in [0.3, 0.4) is 0 Å². The molecule has 0 bridgehead atoms. The third-order valence-electron chi connectivity index (χ3n) is 3.49. The van der Waals surface area contributed by atoms with Crippen LogP contribution in [0.15, 0.2) is 52.5 Å². The molecule has 2 aromatic rings. The zero-order valence-electron chi connectivity index (χ0n) is 14.3. The number of carbonyl (C=O) groups excluding carboxylic acids is 1. The van der Waals surface area contributed by atoms with Crippen molar-refractivity contribution in [2.75, 3.05) is 11.9 Å². The van der Waals surface area contributed by atoms with Gasteiger partial charge in [0.1, 0.15) is 23.2 Å². The van der Waals surface area contributed by atoms with Gasteiger partial charge in [-0.1, -0.05) is 29.3 Å². The summed E-state index contributed by atoms with van der Waals surface area (Å²) in [5.41, 5.74) is 0.959. The predicted molar refractivity (Wildman–Crippen MR) is 103 cm³/mol. The standard InChI is InChI=1S/C20H18BrFN2O2/c1-2-3-10-26-19-9-4-16(21)12-14(19)11-15(13-23)20(25)24-18-7-5-17(22)6-8-18/h4-9,11-12H,2-3,10H2,1H3,(H,24,25)/b15-11+. The fraction of sp³-hybridized carbons (Fsp3) is 0.200. The van der Waals surface area contributed by atoms with Crippen LogP contribution in [0, 0.1) is 17.1 Å². The number of rotatable bonds is 7. The quantitative estimate of drug-likeness (QED) is 0.377. The van der Waals surface area contributed by atoms with Gasteiger partial charge in [0.05, 0.1) is 6.61 Å². The number of nitrogens with zero attached hydrogens (tertiary/aromatic N) is 1. The number of hydrogen-bond donors (Lipinski definition) is 1. The van der Waals surface area contributed by atoms with E-state index in [0.717, 1.165) is 17.3 Å². The Morgan fingerprint density at radius 2 is 2.04 bits per heavy atom. The van der Waals surface area contributed by atoms with E-state index in [-0.39, 0.29) is 5.57 Å². The SMILES string of the molecule is CCCCOc1ccc(Br)cc1/C=C(\C#N)C(=O)Nc1ccc(F)cc1. The smallest absolute Gasteiger partial charge is 0.266 e. The van der Waals surface area contributed by atoms with Gasteiger partial charge in [-0.2, -0.15) is 5.26 Å². The molecule has 0 spiro atoms. The Morgan fingerprint density at radius 3 is 2.69 bits per heavy atom. The van der Waals surface area contributed by atoms with Crippen molar-refractivity contribution in [2.45, 2.75) is 19.8 Å². The second-order valence-electron chi connectivity index (χ2n) is 5.51. The van der Waals surface area contributed by atoms with Crippen LogP contribution in [0.1, 0.15) is 25.3 Å². The Labute approximate surface area is 160 Å². The van der Waals surface area contributed by atoms with Gasteiger partial charge in [0.2, 0.25) is 0 Å². The van der Waals surface area contributed by atoms with Gasteiger partial charge in [-0.3, -0.25) is 4.79 Å². The minimum atomic E-state index is -0.571. The Kier molecular flexibility index (Phi) is 7.37. The molecule has 0 unspecified atom stereocenters. The Morgan fingerprint density at radius 1 is 1.31 bits per heavy atom. The Balaban J connectivity index is 2.24. The number of carbonyl (C=O) groups is 1. The zero-order valence-corrected chi connectivity index (χ0v) is 15.8. The summed E-state index contributed by atoms with van der Waals surface area (Å²) in [7, 11) is 0. The molecule has 0 saturated carbocycles. The highest BCUT2D eigenvalue weighted by Crippen LogP contribution is 2.26. The van der Waals surface area contributed by atoms with Crippen molar-refractivity contribution in [3.63, 3.8) is 0 Å². The molecule has 1 N–H and O–H groups in total. The van der Waals surface area contributed by atoms with Crippen molar-refractivity contribution in [1.82, 2.24) is 0 Å². The third-order valence-corrected chi connectivity index (χ3v) is 3.99. The second kappa shape index (κ2) is 9.73. The molecule has 2 rings (SSSR count). The van der Waals surface area contributed by atoms with Gasteiger partial charge in [-0.05, 0) is 55.0 Å². The lowest BCUT2D eigenvalue weighted by Gasteiger charge is -2.10. The van der Waals surface area contributed by atoms with Crippen molar-refractivity contribution >= 4 is 33.6 Å². The van der Waals surface area contributed by atoms with E-state index in [2.05, 4.69) is 28.2 Å². The van der Waals surface area contributed by atoms with E-state index in [9.17, 15) is 14.4 Å². The molecule has 4 nitrogen and oxygen atoms in total. The molecule has 0 aliphatic carbocycles. The molecule has 0 aliphatic heterocycles. The van der Waals surface area contributed by atoms with E-state index >= 15 is 0 Å². The molecule has 0 heterocycles. The van der Waals surface area contributed by atoms with Crippen molar-refractivity contribution in [1.29, 1.82) is 5.26 Å². The van der Waals surface area contributed by atoms with Crippen LogP contribution in [-0.2, 0) is 4.79 Å². The Bertz CT molecular complexity index is 842. The number of halogens is 2. The molecule has 0 radical (unpaired) electrons. The molecule has 6 heteroatoms. The number of nitrogens with one attached hydrogen (secondary N) is 1. The molecule has 2 aromatic carbocycles. The van der Waals surface area contributed by atoms with Crippen molar-refractivity contribution in [3.8, 4) is 11.8 Å². The van der Waals surface area contributed by atoms with E-state index < -0.39 is 11.7 Å². The number of benzene rings is 2.